The molecule has 2 unspecified atom stereocenters. The fraction of sp³-hybridized carbons (Fsp3) is 0.435. The van der Waals surface area contributed by atoms with Gasteiger partial charge >= 0.3 is 0 Å². The molecule has 1 amide bonds. The van der Waals surface area contributed by atoms with E-state index >= 15 is 0 Å². The molecule has 0 aliphatic carbocycles. The molecule has 0 bridgehead atoms. The highest BCUT2D eigenvalue weighted by Gasteiger charge is 2.20. The predicted molar refractivity (Wildman–Crippen MR) is 116 cm³/mol. The number of ether oxygens (including phenoxy) is 1. The second kappa shape index (κ2) is 9.84. The molecule has 0 spiro atoms. The number of hydrogen-bond donors (Lipinski definition) is 1. The Morgan fingerprint density at radius 2 is 1.74 bits per heavy atom. The first-order valence-corrected chi connectivity index (χ1v) is 10.5. The zero-order valence-corrected chi connectivity index (χ0v) is 18.0. The average molecular weight is 386 g/mol. The van der Waals surface area contributed by atoms with Crippen LogP contribution in [-0.2, 0) is 10.5 Å². The second-order valence-corrected chi connectivity index (χ2v) is 8.60. The summed E-state index contributed by atoms with van der Waals surface area (Å²) in [6.45, 7) is 10.4. The predicted octanol–water partition coefficient (Wildman–Crippen LogP) is 5.63. The van der Waals surface area contributed by atoms with Gasteiger partial charge in [-0.05, 0) is 61.1 Å². The van der Waals surface area contributed by atoms with Crippen molar-refractivity contribution in [3.05, 3.63) is 64.7 Å². The maximum absolute atomic E-state index is 12.6. The molecule has 2 aromatic carbocycles. The summed E-state index contributed by atoms with van der Waals surface area (Å²) in [6, 6.07) is 14.5. The van der Waals surface area contributed by atoms with Crippen molar-refractivity contribution in [1.82, 2.24) is 5.32 Å². The van der Waals surface area contributed by atoms with Crippen molar-refractivity contribution in [3.8, 4) is 5.75 Å². The smallest absolute Gasteiger partial charge is 0.233 e. The van der Waals surface area contributed by atoms with Gasteiger partial charge in [0.2, 0.25) is 5.91 Å². The fourth-order valence-electron chi connectivity index (χ4n) is 3.09. The molecule has 0 aliphatic rings. The van der Waals surface area contributed by atoms with Crippen LogP contribution in [0.15, 0.2) is 42.5 Å². The third-order valence-corrected chi connectivity index (χ3v) is 5.99. The van der Waals surface area contributed by atoms with Crippen LogP contribution < -0.4 is 10.1 Å². The summed E-state index contributed by atoms with van der Waals surface area (Å²) in [4.78, 5) is 12.6. The minimum absolute atomic E-state index is 0.0410. The topological polar surface area (TPSA) is 38.3 Å². The maximum atomic E-state index is 12.6. The van der Waals surface area contributed by atoms with Gasteiger partial charge in [0.1, 0.15) is 5.75 Å². The van der Waals surface area contributed by atoms with Crippen LogP contribution in [0.1, 0.15) is 61.9 Å². The Hall–Kier alpha value is -1.94. The van der Waals surface area contributed by atoms with E-state index in [0.29, 0.717) is 5.92 Å². The molecule has 3 nitrogen and oxygen atoms in total. The van der Waals surface area contributed by atoms with Gasteiger partial charge in [0, 0.05) is 5.75 Å². The SMILES string of the molecule is COc1cc(C)c(C(C)NC(=O)C(C)SCc2ccccc2)cc1C(C)C. The van der Waals surface area contributed by atoms with Gasteiger partial charge in [-0.1, -0.05) is 44.2 Å². The lowest BCUT2D eigenvalue weighted by Crippen LogP contribution is -2.33. The molecule has 2 atom stereocenters. The quantitative estimate of drug-likeness (QED) is 0.640. The molecule has 0 heterocycles. The van der Waals surface area contributed by atoms with E-state index in [9.17, 15) is 4.79 Å². The number of carbonyl (C=O) groups excluding carboxylic acids is 1. The number of aryl methyl sites for hydroxylation is 1. The molecule has 0 radical (unpaired) electrons. The molecular formula is C23H31NO2S. The molecule has 0 saturated heterocycles. The second-order valence-electron chi connectivity index (χ2n) is 7.27. The standard InChI is InChI=1S/C23H31NO2S/c1-15(2)20-13-21(16(3)12-22(20)26-6)17(4)24-23(25)18(5)27-14-19-10-8-7-9-11-19/h7-13,15,17-18H,14H2,1-6H3,(H,24,25). The van der Waals surface area contributed by atoms with Crippen LogP contribution in [0.2, 0.25) is 0 Å². The summed E-state index contributed by atoms with van der Waals surface area (Å²) >= 11 is 1.66. The van der Waals surface area contributed by atoms with E-state index in [0.717, 1.165) is 22.6 Å². The van der Waals surface area contributed by atoms with E-state index < -0.39 is 0 Å². The van der Waals surface area contributed by atoms with E-state index in [2.05, 4.69) is 50.4 Å². The van der Waals surface area contributed by atoms with Crippen LogP contribution in [0.4, 0.5) is 0 Å². The number of carbonyl (C=O) groups is 1. The molecule has 27 heavy (non-hydrogen) atoms. The lowest BCUT2D eigenvalue weighted by Gasteiger charge is -2.22. The highest BCUT2D eigenvalue weighted by molar-refractivity contribution is 7.99. The van der Waals surface area contributed by atoms with Gasteiger partial charge < -0.3 is 10.1 Å². The average Bonchev–Trinajstić information content (AvgIpc) is 2.66. The highest BCUT2D eigenvalue weighted by Crippen LogP contribution is 2.32. The molecular weight excluding hydrogens is 354 g/mol. The van der Waals surface area contributed by atoms with Crippen LogP contribution >= 0.6 is 11.8 Å². The molecule has 0 aromatic heterocycles. The van der Waals surface area contributed by atoms with E-state index in [1.54, 1.807) is 18.9 Å². The normalized spacial score (nSPS) is 13.3. The number of nitrogens with one attached hydrogen (secondary N) is 1. The Bertz CT molecular complexity index is 758. The van der Waals surface area contributed by atoms with Crippen molar-refractivity contribution in [2.24, 2.45) is 0 Å². The Labute approximate surface area is 167 Å². The maximum Gasteiger partial charge on any atom is 0.233 e. The molecule has 0 fully saturated rings. The van der Waals surface area contributed by atoms with Gasteiger partial charge in [0.05, 0.1) is 18.4 Å². The number of rotatable bonds is 8. The summed E-state index contributed by atoms with van der Waals surface area (Å²) in [7, 11) is 1.71. The lowest BCUT2D eigenvalue weighted by atomic mass is 9.93. The molecule has 146 valence electrons. The van der Waals surface area contributed by atoms with Crippen LogP contribution in [0.5, 0.6) is 5.75 Å². The van der Waals surface area contributed by atoms with Crippen LogP contribution in [0.25, 0.3) is 0 Å². The van der Waals surface area contributed by atoms with Crippen LogP contribution in [0, 0.1) is 6.92 Å². The van der Waals surface area contributed by atoms with Crippen LogP contribution in [0.3, 0.4) is 0 Å². The molecule has 0 saturated carbocycles. The number of benzene rings is 2. The first kappa shape index (κ1) is 21.4. The first-order valence-electron chi connectivity index (χ1n) is 9.47. The lowest BCUT2D eigenvalue weighted by molar-refractivity contribution is -0.120. The largest absolute Gasteiger partial charge is 0.496 e. The third kappa shape index (κ3) is 5.77. The van der Waals surface area contributed by atoms with Gasteiger partial charge in [-0.3, -0.25) is 4.79 Å². The fourth-order valence-corrected chi connectivity index (χ4v) is 3.94. The van der Waals surface area contributed by atoms with Gasteiger partial charge in [-0.2, -0.15) is 0 Å². The van der Waals surface area contributed by atoms with Crippen molar-refractivity contribution in [2.75, 3.05) is 7.11 Å². The highest BCUT2D eigenvalue weighted by atomic mass is 32.2. The molecule has 0 aliphatic heterocycles. The Morgan fingerprint density at radius 3 is 2.33 bits per heavy atom. The van der Waals surface area contributed by atoms with Crippen molar-refractivity contribution in [3.63, 3.8) is 0 Å². The number of hydrogen-bond acceptors (Lipinski definition) is 3. The van der Waals surface area contributed by atoms with Gasteiger partial charge in [0.25, 0.3) is 0 Å². The molecule has 2 aromatic rings. The minimum atomic E-state index is -0.101. The van der Waals surface area contributed by atoms with Crippen LogP contribution in [-0.4, -0.2) is 18.3 Å². The molecule has 2 rings (SSSR count). The zero-order chi connectivity index (χ0) is 20.0. The van der Waals surface area contributed by atoms with Crippen molar-refractivity contribution < 1.29 is 9.53 Å². The Morgan fingerprint density at radius 1 is 1.07 bits per heavy atom. The van der Waals surface area contributed by atoms with E-state index in [-0.39, 0.29) is 17.2 Å². The van der Waals surface area contributed by atoms with Crippen molar-refractivity contribution in [2.45, 2.75) is 57.6 Å². The van der Waals surface area contributed by atoms with Crippen molar-refractivity contribution in [1.29, 1.82) is 0 Å². The summed E-state index contributed by atoms with van der Waals surface area (Å²) in [5.74, 6) is 2.19. The third-order valence-electron chi connectivity index (χ3n) is 4.78. The van der Waals surface area contributed by atoms with Gasteiger partial charge in [-0.15, -0.1) is 11.8 Å². The number of methoxy groups -OCH3 is 1. The van der Waals surface area contributed by atoms with E-state index in [1.165, 1.54) is 11.1 Å². The number of amides is 1. The molecule has 4 heteroatoms. The minimum Gasteiger partial charge on any atom is -0.496 e. The Kier molecular flexibility index (Phi) is 7.78. The van der Waals surface area contributed by atoms with E-state index in [1.807, 2.05) is 32.0 Å². The van der Waals surface area contributed by atoms with Gasteiger partial charge in [-0.25, -0.2) is 0 Å². The summed E-state index contributed by atoms with van der Waals surface area (Å²) in [6.07, 6.45) is 0. The molecule has 1 N–H and O–H groups in total. The summed E-state index contributed by atoms with van der Waals surface area (Å²) in [5.41, 5.74) is 4.69. The number of thioether (sulfide) groups is 1. The monoisotopic (exact) mass is 385 g/mol. The first-order chi connectivity index (χ1) is 12.8. The summed E-state index contributed by atoms with van der Waals surface area (Å²) < 4.78 is 5.52. The zero-order valence-electron chi connectivity index (χ0n) is 17.2. The van der Waals surface area contributed by atoms with Crippen molar-refractivity contribution >= 4 is 17.7 Å². The van der Waals surface area contributed by atoms with E-state index in [4.69, 9.17) is 4.74 Å². The summed E-state index contributed by atoms with van der Waals surface area (Å²) in [5, 5.41) is 3.07. The Balaban J connectivity index is 2.04. The van der Waals surface area contributed by atoms with Gasteiger partial charge in [0.15, 0.2) is 0 Å².